The summed E-state index contributed by atoms with van der Waals surface area (Å²) in [5.74, 6) is 0.685. The highest BCUT2D eigenvalue weighted by molar-refractivity contribution is 7.85. The molecule has 0 aromatic heterocycles. The van der Waals surface area contributed by atoms with Gasteiger partial charge in [0, 0.05) is 10.6 Å². The van der Waals surface area contributed by atoms with Crippen LogP contribution in [0.4, 0.5) is 0 Å². The Morgan fingerprint density at radius 3 is 2.39 bits per heavy atom. The van der Waals surface area contributed by atoms with Gasteiger partial charge in [-0.1, -0.05) is 24.1 Å². The zero-order chi connectivity index (χ0) is 13.6. The maximum Gasteiger partial charge on any atom is 0.0683 e. The summed E-state index contributed by atoms with van der Waals surface area (Å²) in [4.78, 5) is 0.903. The van der Waals surface area contributed by atoms with Crippen LogP contribution in [0.5, 0.6) is 0 Å². The number of nitriles is 1. The first-order valence-corrected chi connectivity index (χ1v) is 7.63. The van der Waals surface area contributed by atoms with E-state index >= 15 is 0 Å². The van der Waals surface area contributed by atoms with Crippen LogP contribution in [-0.2, 0) is 10.8 Å². The van der Waals surface area contributed by atoms with E-state index in [2.05, 4.69) is 6.07 Å². The van der Waals surface area contributed by atoms with Gasteiger partial charge in [-0.2, -0.15) is 5.26 Å². The quantitative estimate of drug-likeness (QED) is 0.732. The number of benzene rings is 1. The van der Waals surface area contributed by atoms with Crippen molar-refractivity contribution in [3.8, 4) is 6.07 Å². The van der Waals surface area contributed by atoms with Crippen molar-refractivity contribution >= 4 is 10.8 Å². The van der Waals surface area contributed by atoms with Crippen molar-refractivity contribution in [2.45, 2.75) is 44.9 Å². The van der Waals surface area contributed by atoms with Crippen molar-refractivity contribution in [3.05, 3.63) is 29.8 Å². The van der Waals surface area contributed by atoms with Crippen LogP contribution in [0.2, 0.25) is 0 Å². The summed E-state index contributed by atoms with van der Waals surface area (Å²) in [5, 5.41) is 8.90. The fourth-order valence-electron chi connectivity index (χ4n) is 1.66. The molecule has 3 heteroatoms. The Labute approximate surface area is 112 Å². The van der Waals surface area contributed by atoms with E-state index in [1.165, 1.54) is 5.56 Å². The van der Waals surface area contributed by atoms with Crippen LogP contribution in [0.1, 0.15) is 38.7 Å². The molecular weight excluding hydrogens is 242 g/mol. The van der Waals surface area contributed by atoms with Crippen LogP contribution in [0.3, 0.4) is 0 Å². The molecule has 18 heavy (non-hydrogen) atoms. The van der Waals surface area contributed by atoms with Crippen molar-refractivity contribution in [2.75, 3.05) is 5.75 Å². The molecule has 0 saturated heterocycles. The van der Waals surface area contributed by atoms with Crippen molar-refractivity contribution in [1.82, 2.24) is 0 Å². The van der Waals surface area contributed by atoms with Gasteiger partial charge in [0.05, 0.1) is 22.3 Å². The van der Waals surface area contributed by atoms with Crippen molar-refractivity contribution in [2.24, 2.45) is 5.41 Å². The molecule has 0 fully saturated rings. The lowest BCUT2D eigenvalue weighted by molar-refractivity contribution is 0.432. The van der Waals surface area contributed by atoms with Crippen LogP contribution in [-0.4, -0.2) is 9.96 Å². The molecule has 0 aliphatic rings. The number of rotatable bonds is 6. The van der Waals surface area contributed by atoms with Crippen LogP contribution in [0.15, 0.2) is 29.2 Å². The minimum atomic E-state index is -0.905. The van der Waals surface area contributed by atoms with E-state index in [-0.39, 0.29) is 5.41 Å². The first-order valence-electron chi connectivity index (χ1n) is 6.31. The van der Waals surface area contributed by atoms with Gasteiger partial charge in [-0.05, 0) is 45.7 Å². The molecule has 0 spiro atoms. The Bertz CT molecular complexity index is 443. The maximum absolute atomic E-state index is 12.0. The van der Waals surface area contributed by atoms with Crippen molar-refractivity contribution in [3.63, 3.8) is 0 Å². The minimum absolute atomic E-state index is 0.259. The molecule has 1 aromatic carbocycles. The summed E-state index contributed by atoms with van der Waals surface area (Å²) in [6, 6.07) is 10.1. The predicted octanol–water partition coefficient (Wildman–Crippen LogP) is 3.82. The number of hydrogen-bond donors (Lipinski definition) is 0. The molecule has 1 aromatic rings. The van der Waals surface area contributed by atoms with Crippen LogP contribution in [0, 0.1) is 23.7 Å². The molecule has 0 bridgehead atoms. The number of nitrogens with zero attached hydrogens (tertiary/aromatic N) is 1. The van der Waals surface area contributed by atoms with Crippen molar-refractivity contribution in [1.29, 1.82) is 5.26 Å². The molecule has 0 saturated carbocycles. The average molecular weight is 263 g/mol. The summed E-state index contributed by atoms with van der Waals surface area (Å²) in [5.41, 5.74) is 0.928. The highest BCUT2D eigenvalue weighted by atomic mass is 32.2. The highest BCUT2D eigenvalue weighted by Gasteiger charge is 2.15. The Kier molecular flexibility index (Phi) is 5.55. The zero-order valence-corrected chi connectivity index (χ0v) is 12.2. The predicted molar refractivity (Wildman–Crippen MR) is 75.7 cm³/mol. The fraction of sp³-hybridized carbons (Fsp3) is 0.533. The molecule has 0 heterocycles. The lowest BCUT2D eigenvalue weighted by Gasteiger charge is -2.14. The molecule has 0 amide bonds. The molecular formula is C15H21NOS. The van der Waals surface area contributed by atoms with Gasteiger partial charge in [0.15, 0.2) is 0 Å². The molecule has 98 valence electrons. The van der Waals surface area contributed by atoms with Crippen LogP contribution in [0.25, 0.3) is 0 Å². The van der Waals surface area contributed by atoms with Crippen LogP contribution >= 0.6 is 0 Å². The molecule has 0 aliphatic carbocycles. The van der Waals surface area contributed by atoms with Gasteiger partial charge in [0.2, 0.25) is 0 Å². The van der Waals surface area contributed by atoms with E-state index in [1.54, 1.807) is 0 Å². The van der Waals surface area contributed by atoms with E-state index in [0.29, 0.717) is 5.75 Å². The largest absolute Gasteiger partial charge is 0.254 e. The van der Waals surface area contributed by atoms with E-state index < -0.39 is 10.8 Å². The van der Waals surface area contributed by atoms with E-state index in [9.17, 15) is 4.21 Å². The van der Waals surface area contributed by atoms with Gasteiger partial charge in [-0.25, -0.2) is 0 Å². The number of aryl methyl sites for hydroxylation is 1. The Morgan fingerprint density at radius 2 is 1.83 bits per heavy atom. The molecule has 2 nitrogen and oxygen atoms in total. The molecule has 0 N–H and O–H groups in total. The van der Waals surface area contributed by atoms with Crippen LogP contribution < -0.4 is 0 Å². The second kappa shape index (κ2) is 6.70. The maximum atomic E-state index is 12.0. The molecule has 1 rings (SSSR count). The zero-order valence-electron chi connectivity index (χ0n) is 11.4. The Balaban J connectivity index is 2.34. The normalized spacial score (nSPS) is 13.0. The summed E-state index contributed by atoms with van der Waals surface area (Å²) >= 11 is 0. The molecule has 0 radical (unpaired) electrons. The van der Waals surface area contributed by atoms with E-state index in [4.69, 9.17) is 5.26 Å². The second-order valence-corrected chi connectivity index (χ2v) is 6.89. The first-order chi connectivity index (χ1) is 8.44. The first kappa shape index (κ1) is 14.9. The van der Waals surface area contributed by atoms with E-state index in [1.807, 2.05) is 45.0 Å². The topological polar surface area (TPSA) is 40.9 Å². The third-order valence-electron chi connectivity index (χ3n) is 2.97. The van der Waals surface area contributed by atoms with Gasteiger partial charge in [-0.15, -0.1) is 0 Å². The highest BCUT2D eigenvalue weighted by Crippen LogP contribution is 2.22. The summed E-state index contributed by atoms with van der Waals surface area (Å²) in [6.07, 6.45) is 2.73. The Morgan fingerprint density at radius 1 is 1.22 bits per heavy atom. The summed E-state index contributed by atoms with van der Waals surface area (Å²) in [7, 11) is -0.905. The van der Waals surface area contributed by atoms with Crippen molar-refractivity contribution < 1.29 is 4.21 Å². The number of unbranched alkanes of at least 4 members (excludes halogenated alkanes) is 1. The van der Waals surface area contributed by atoms with Gasteiger partial charge < -0.3 is 0 Å². The molecule has 1 unspecified atom stereocenters. The third kappa shape index (κ3) is 5.01. The fourth-order valence-corrected chi connectivity index (χ4v) is 2.81. The standard InChI is InChI=1S/C15H21NOS/c1-13-6-8-14(9-7-13)18(17)11-5-4-10-15(2,3)12-16/h6-9H,4-5,10-11H2,1-3H3. The summed E-state index contributed by atoms with van der Waals surface area (Å²) < 4.78 is 12.0. The third-order valence-corrected chi connectivity index (χ3v) is 4.43. The SMILES string of the molecule is Cc1ccc(S(=O)CCCCC(C)(C)C#N)cc1. The van der Waals surface area contributed by atoms with Gasteiger partial charge in [-0.3, -0.25) is 4.21 Å². The van der Waals surface area contributed by atoms with Gasteiger partial charge in [0.25, 0.3) is 0 Å². The smallest absolute Gasteiger partial charge is 0.0683 e. The minimum Gasteiger partial charge on any atom is -0.254 e. The van der Waals surface area contributed by atoms with Gasteiger partial charge in [0.1, 0.15) is 0 Å². The lowest BCUT2D eigenvalue weighted by Crippen LogP contribution is -2.08. The molecule has 0 aliphatic heterocycles. The summed E-state index contributed by atoms with van der Waals surface area (Å²) in [6.45, 7) is 5.92. The van der Waals surface area contributed by atoms with Gasteiger partial charge >= 0.3 is 0 Å². The second-order valence-electron chi connectivity index (χ2n) is 5.32. The lowest BCUT2D eigenvalue weighted by atomic mass is 9.89. The van der Waals surface area contributed by atoms with E-state index in [0.717, 1.165) is 24.2 Å². The monoisotopic (exact) mass is 263 g/mol. The molecule has 1 atom stereocenters. The Hall–Kier alpha value is -1.14. The average Bonchev–Trinajstić information content (AvgIpc) is 2.35. The number of hydrogen-bond acceptors (Lipinski definition) is 2.